The summed E-state index contributed by atoms with van der Waals surface area (Å²) in [6.07, 6.45) is -2.73. The third-order valence-electron chi connectivity index (χ3n) is 2.22. The van der Waals surface area contributed by atoms with Crippen LogP contribution in [0.1, 0.15) is 13.8 Å². The van der Waals surface area contributed by atoms with Gasteiger partial charge in [0, 0.05) is 13.8 Å². The number of nitrogens with one attached hydrogen (secondary N) is 2. The number of aliphatic hydroxyl groups excluding tert-OH is 3. The smallest absolute Gasteiger partial charge is 0.217 e. The van der Waals surface area contributed by atoms with E-state index in [1.165, 1.54) is 0 Å². The first kappa shape index (κ1) is 16.5. The van der Waals surface area contributed by atoms with Gasteiger partial charge in [0.1, 0.15) is 18.4 Å². The van der Waals surface area contributed by atoms with E-state index in [2.05, 4.69) is 10.6 Å². The summed E-state index contributed by atoms with van der Waals surface area (Å²) in [7, 11) is 0. The molecule has 0 heterocycles. The Hall–Kier alpha value is -1.51. The maximum absolute atomic E-state index is 10.9. The zero-order valence-corrected chi connectivity index (χ0v) is 10.2. The van der Waals surface area contributed by atoms with Crippen molar-refractivity contribution in [3.05, 3.63) is 0 Å². The first-order chi connectivity index (χ1) is 8.33. The van der Waals surface area contributed by atoms with Gasteiger partial charge in [-0.05, 0) is 0 Å². The first-order valence-corrected chi connectivity index (χ1v) is 5.30. The Morgan fingerprint density at radius 3 is 2.00 bits per heavy atom. The van der Waals surface area contributed by atoms with E-state index in [9.17, 15) is 24.6 Å². The number of aldehydes is 1. The van der Waals surface area contributed by atoms with Gasteiger partial charge >= 0.3 is 0 Å². The summed E-state index contributed by atoms with van der Waals surface area (Å²) in [5.41, 5.74) is 0. The van der Waals surface area contributed by atoms with Gasteiger partial charge in [-0.2, -0.15) is 0 Å². The molecule has 18 heavy (non-hydrogen) atoms. The average Bonchev–Trinajstić information content (AvgIpc) is 2.30. The predicted molar refractivity (Wildman–Crippen MR) is 60.4 cm³/mol. The Kier molecular flexibility index (Phi) is 7.10. The molecule has 0 aromatic rings. The highest BCUT2D eigenvalue weighted by Crippen LogP contribution is 2.04. The third kappa shape index (κ3) is 5.21. The minimum atomic E-state index is -1.56. The normalized spacial score (nSPS) is 17.2. The van der Waals surface area contributed by atoms with Crippen molar-refractivity contribution in [2.45, 2.75) is 38.1 Å². The lowest BCUT2D eigenvalue weighted by molar-refractivity contribution is -0.127. The topological polar surface area (TPSA) is 136 Å². The van der Waals surface area contributed by atoms with Crippen LogP contribution in [0.3, 0.4) is 0 Å². The van der Waals surface area contributed by atoms with Crippen LogP contribution in [0.2, 0.25) is 0 Å². The molecule has 0 aliphatic heterocycles. The van der Waals surface area contributed by atoms with E-state index in [-0.39, 0.29) is 6.29 Å². The summed E-state index contributed by atoms with van der Waals surface area (Å²) < 4.78 is 0. The quantitative estimate of drug-likeness (QED) is 0.308. The van der Waals surface area contributed by atoms with E-state index in [1.54, 1.807) is 0 Å². The molecule has 8 nitrogen and oxygen atoms in total. The Morgan fingerprint density at radius 1 is 1.17 bits per heavy atom. The SMILES string of the molecule is CC(=O)N[C@H]([C@H](O)[C@@H](C=O)NC(C)=O)[C@H](O)CO. The number of hydrogen-bond donors (Lipinski definition) is 5. The molecule has 0 spiro atoms. The van der Waals surface area contributed by atoms with Gasteiger partial charge < -0.3 is 30.7 Å². The molecule has 0 saturated heterocycles. The van der Waals surface area contributed by atoms with Crippen LogP contribution >= 0.6 is 0 Å². The van der Waals surface area contributed by atoms with Crippen molar-refractivity contribution in [3.8, 4) is 0 Å². The van der Waals surface area contributed by atoms with Crippen molar-refractivity contribution in [2.24, 2.45) is 0 Å². The molecular formula is C10H18N2O6. The lowest BCUT2D eigenvalue weighted by atomic mass is 9.99. The Labute approximate surface area is 104 Å². The average molecular weight is 262 g/mol. The van der Waals surface area contributed by atoms with Crippen LogP contribution in [0.5, 0.6) is 0 Å². The highest BCUT2D eigenvalue weighted by atomic mass is 16.3. The summed E-state index contributed by atoms with van der Waals surface area (Å²) in [4.78, 5) is 32.5. The summed E-state index contributed by atoms with van der Waals surface area (Å²) >= 11 is 0. The standard InChI is InChI=1S/C10H18N2O6/c1-5(15)11-7(3-13)10(18)9(8(17)4-14)12-6(2)16/h3,7-10,14,17-18H,4H2,1-2H3,(H,11,15)(H,12,16)/t7-,8-,9+,10-/m1/s1. The van der Waals surface area contributed by atoms with E-state index in [1.807, 2.05) is 0 Å². The fraction of sp³-hybridized carbons (Fsp3) is 0.700. The summed E-state index contributed by atoms with van der Waals surface area (Å²) in [6, 6.07) is -2.56. The van der Waals surface area contributed by atoms with Crippen molar-refractivity contribution in [2.75, 3.05) is 6.61 Å². The third-order valence-corrected chi connectivity index (χ3v) is 2.22. The largest absolute Gasteiger partial charge is 0.394 e. The minimum absolute atomic E-state index is 0.283. The number of amides is 2. The van der Waals surface area contributed by atoms with Gasteiger partial charge in [-0.1, -0.05) is 0 Å². The zero-order valence-electron chi connectivity index (χ0n) is 10.2. The number of rotatable bonds is 7. The van der Waals surface area contributed by atoms with Crippen molar-refractivity contribution < 1.29 is 29.7 Å². The predicted octanol–water partition coefficient (Wildman–Crippen LogP) is -3.09. The fourth-order valence-electron chi connectivity index (χ4n) is 1.42. The second kappa shape index (κ2) is 7.75. The second-order valence-electron chi connectivity index (χ2n) is 3.83. The molecule has 0 fully saturated rings. The number of carbonyl (C=O) groups excluding carboxylic acids is 3. The Balaban J connectivity index is 4.89. The molecule has 0 unspecified atom stereocenters. The molecule has 8 heteroatoms. The molecule has 0 bridgehead atoms. The maximum atomic E-state index is 10.9. The van der Waals surface area contributed by atoms with Gasteiger partial charge in [0.2, 0.25) is 11.8 Å². The van der Waals surface area contributed by atoms with Crippen LogP contribution in [0.25, 0.3) is 0 Å². The van der Waals surface area contributed by atoms with Crippen LogP contribution in [-0.4, -0.2) is 64.3 Å². The molecule has 0 rings (SSSR count). The fourth-order valence-corrected chi connectivity index (χ4v) is 1.42. The molecule has 5 N–H and O–H groups in total. The monoisotopic (exact) mass is 262 g/mol. The number of hydrogen-bond acceptors (Lipinski definition) is 6. The highest BCUT2D eigenvalue weighted by molar-refractivity contribution is 5.78. The molecule has 0 aliphatic rings. The Bertz CT molecular complexity index is 309. The van der Waals surface area contributed by atoms with E-state index in [0.717, 1.165) is 13.8 Å². The molecule has 0 aromatic carbocycles. The molecule has 0 aliphatic carbocycles. The molecule has 0 aromatic heterocycles. The minimum Gasteiger partial charge on any atom is -0.394 e. The van der Waals surface area contributed by atoms with Crippen molar-refractivity contribution in [1.82, 2.24) is 10.6 Å². The highest BCUT2D eigenvalue weighted by Gasteiger charge is 2.33. The first-order valence-electron chi connectivity index (χ1n) is 5.30. The summed E-state index contributed by atoms with van der Waals surface area (Å²) in [6.45, 7) is 1.59. The van der Waals surface area contributed by atoms with Crippen LogP contribution in [0, 0.1) is 0 Å². The molecule has 104 valence electrons. The zero-order chi connectivity index (χ0) is 14.3. The van der Waals surface area contributed by atoms with Crippen molar-refractivity contribution >= 4 is 18.1 Å². The van der Waals surface area contributed by atoms with Crippen LogP contribution in [0.4, 0.5) is 0 Å². The number of carbonyl (C=O) groups is 3. The molecular weight excluding hydrogens is 244 g/mol. The maximum Gasteiger partial charge on any atom is 0.217 e. The van der Waals surface area contributed by atoms with Gasteiger partial charge in [-0.25, -0.2) is 0 Å². The van der Waals surface area contributed by atoms with E-state index < -0.39 is 42.7 Å². The number of aliphatic hydroxyl groups is 3. The van der Waals surface area contributed by atoms with E-state index in [4.69, 9.17) is 5.11 Å². The lowest BCUT2D eigenvalue weighted by Crippen LogP contribution is -2.59. The summed E-state index contributed by atoms with van der Waals surface area (Å²) in [5.74, 6) is -1.11. The van der Waals surface area contributed by atoms with Crippen LogP contribution in [-0.2, 0) is 14.4 Å². The summed E-state index contributed by atoms with van der Waals surface area (Å²) in [5, 5.41) is 32.5. The van der Waals surface area contributed by atoms with Crippen LogP contribution in [0.15, 0.2) is 0 Å². The van der Waals surface area contributed by atoms with Gasteiger partial charge in [-0.15, -0.1) is 0 Å². The molecule has 0 saturated carbocycles. The van der Waals surface area contributed by atoms with Gasteiger partial charge in [-0.3, -0.25) is 9.59 Å². The van der Waals surface area contributed by atoms with Crippen molar-refractivity contribution in [3.63, 3.8) is 0 Å². The van der Waals surface area contributed by atoms with E-state index >= 15 is 0 Å². The van der Waals surface area contributed by atoms with Gasteiger partial charge in [0.25, 0.3) is 0 Å². The van der Waals surface area contributed by atoms with Crippen molar-refractivity contribution in [1.29, 1.82) is 0 Å². The molecule has 2 amide bonds. The lowest BCUT2D eigenvalue weighted by Gasteiger charge is -2.30. The van der Waals surface area contributed by atoms with Gasteiger partial charge in [0.15, 0.2) is 0 Å². The van der Waals surface area contributed by atoms with Crippen LogP contribution < -0.4 is 10.6 Å². The Morgan fingerprint density at radius 2 is 1.67 bits per heavy atom. The second-order valence-corrected chi connectivity index (χ2v) is 3.83. The van der Waals surface area contributed by atoms with Gasteiger partial charge in [0.05, 0.1) is 18.8 Å². The van der Waals surface area contributed by atoms with E-state index in [0.29, 0.717) is 0 Å². The molecule has 0 radical (unpaired) electrons. The molecule has 4 atom stereocenters.